The van der Waals surface area contributed by atoms with Crippen LogP contribution < -0.4 is 10.0 Å². The Morgan fingerprint density at radius 2 is 1.20 bits per heavy atom. The van der Waals surface area contributed by atoms with E-state index in [4.69, 9.17) is 0 Å². The molecule has 0 saturated carbocycles. The van der Waals surface area contributed by atoms with Crippen LogP contribution in [0.3, 0.4) is 0 Å². The van der Waals surface area contributed by atoms with Gasteiger partial charge in [-0.05, 0) is 36.4 Å². The quantitative estimate of drug-likeness (QED) is 0.570. The Morgan fingerprint density at radius 3 is 1.80 bits per heavy atom. The molecular formula is C22H15BrN2O4S. The third kappa shape index (κ3) is 3.79. The third-order valence-electron chi connectivity index (χ3n) is 4.52. The molecule has 2 N–H and O–H groups in total. The Hall–Kier alpha value is -3.23. The highest BCUT2D eigenvalue weighted by Crippen LogP contribution is 2.28. The summed E-state index contributed by atoms with van der Waals surface area (Å²) >= 11 is 3.34. The molecule has 30 heavy (non-hydrogen) atoms. The molecule has 3 aromatic rings. The summed E-state index contributed by atoms with van der Waals surface area (Å²) in [6, 6.07) is 20.9. The van der Waals surface area contributed by atoms with Gasteiger partial charge in [0, 0.05) is 21.3 Å². The van der Waals surface area contributed by atoms with Crippen LogP contribution in [0.2, 0.25) is 0 Å². The smallest absolute Gasteiger partial charge is 0.262 e. The third-order valence-corrected chi connectivity index (χ3v) is 6.42. The Morgan fingerprint density at radius 1 is 0.667 bits per heavy atom. The molecule has 6 nitrogen and oxygen atoms in total. The van der Waals surface area contributed by atoms with Gasteiger partial charge in [0.15, 0.2) is 0 Å². The molecule has 0 amide bonds. The van der Waals surface area contributed by atoms with Crippen LogP contribution >= 0.6 is 15.9 Å². The number of hydrogen-bond acceptors (Lipinski definition) is 5. The Bertz CT molecular complexity index is 1280. The first kappa shape index (κ1) is 20.1. The van der Waals surface area contributed by atoms with Crippen LogP contribution in [0, 0.1) is 0 Å². The maximum Gasteiger partial charge on any atom is 0.262 e. The number of benzene rings is 3. The average molecular weight is 483 g/mol. The van der Waals surface area contributed by atoms with Gasteiger partial charge >= 0.3 is 0 Å². The second kappa shape index (κ2) is 7.89. The number of allylic oxidation sites excluding steroid dienone is 2. The van der Waals surface area contributed by atoms with Crippen LogP contribution in [0.25, 0.3) is 0 Å². The van der Waals surface area contributed by atoms with Crippen molar-refractivity contribution in [2.24, 2.45) is 0 Å². The fourth-order valence-corrected chi connectivity index (χ4v) is 4.42. The monoisotopic (exact) mass is 482 g/mol. The van der Waals surface area contributed by atoms with Crippen molar-refractivity contribution in [3.8, 4) is 0 Å². The Kier molecular flexibility index (Phi) is 5.27. The van der Waals surface area contributed by atoms with E-state index in [1.165, 1.54) is 18.2 Å². The van der Waals surface area contributed by atoms with Gasteiger partial charge in [-0.25, -0.2) is 8.42 Å². The fourth-order valence-electron chi connectivity index (χ4n) is 3.06. The molecule has 0 aliphatic heterocycles. The van der Waals surface area contributed by atoms with Gasteiger partial charge in [0.05, 0.1) is 4.90 Å². The molecule has 0 unspecified atom stereocenters. The maximum atomic E-state index is 13.1. The largest absolute Gasteiger partial charge is 0.350 e. The van der Waals surface area contributed by atoms with Gasteiger partial charge in [-0.1, -0.05) is 58.4 Å². The molecule has 0 heterocycles. The zero-order valence-corrected chi connectivity index (χ0v) is 17.8. The number of nitrogens with one attached hydrogen (secondary N) is 2. The van der Waals surface area contributed by atoms with Crippen molar-refractivity contribution in [2.75, 3.05) is 5.32 Å². The van der Waals surface area contributed by atoms with E-state index in [0.717, 1.165) is 4.47 Å². The van der Waals surface area contributed by atoms with Gasteiger partial charge < -0.3 is 5.32 Å². The van der Waals surface area contributed by atoms with Gasteiger partial charge in [-0.3, -0.25) is 14.3 Å². The Labute approximate surface area is 181 Å². The summed E-state index contributed by atoms with van der Waals surface area (Å²) < 4.78 is 28.9. The number of anilines is 1. The van der Waals surface area contributed by atoms with Crippen molar-refractivity contribution in [3.63, 3.8) is 0 Å². The van der Waals surface area contributed by atoms with Gasteiger partial charge in [-0.2, -0.15) is 0 Å². The first-order valence-corrected chi connectivity index (χ1v) is 11.2. The van der Waals surface area contributed by atoms with Crippen molar-refractivity contribution in [1.82, 2.24) is 4.72 Å². The van der Waals surface area contributed by atoms with Gasteiger partial charge in [-0.15, -0.1) is 0 Å². The SMILES string of the molecule is O=C1C(Nc2ccc(Br)cc2)=C(NS(=O)(=O)c2ccccc2)C(=O)c2ccccc21. The zero-order valence-electron chi connectivity index (χ0n) is 15.4. The molecule has 0 saturated heterocycles. The number of fused-ring (bicyclic) bond motifs is 1. The molecule has 0 aromatic heterocycles. The number of rotatable bonds is 5. The second-order valence-corrected chi connectivity index (χ2v) is 9.10. The summed E-state index contributed by atoms with van der Waals surface area (Å²) in [7, 11) is -4.08. The second-order valence-electron chi connectivity index (χ2n) is 6.50. The van der Waals surface area contributed by atoms with Crippen LogP contribution in [0.5, 0.6) is 0 Å². The lowest BCUT2D eigenvalue weighted by atomic mass is 9.90. The van der Waals surface area contributed by atoms with Crippen molar-refractivity contribution >= 4 is 43.2 Å². The molecule has 0 spiro atoms. The summed E-state index contributed by atoms with van der Waals surface area (Å²) in [4.78, 5) is 26.3. The lowest BCUT2D eigenvalue weighted by Gasteiger charge is -2.23. The van der Waals surface area contributed by atoms with Crippen molar-refractivity contribution < 1.29 is 18.0 Å². The topological polar surface area (TPSA) is 92.3 Å². The van der Waals surface area contributed by atoms with E-state index in [0.29, 0.717) is 5.69 Å². The fraction of sp³-hybridized carbons (Fsp3) is 0. The standard InChI is InChI=1S/C22H15BrN2O4S/c23-14-10-12-15(13-11-14)24-19-20(25-30(28,29)16-6-2-1-3-7-16)22(27)18-9-5-4-8-17(18)21(19)26/h1-13,24-25H. The number of carbonyl (C=O) groups is 2. The summed E-state index contributed by atoms with van der Waals surface area (Å²) in [5.74, 6) is -1.05. The van der Waals surface area contributed by atoms with Crippen LogP contribution in [-0.4, -0.2) is 20.0 Å². The van der Waals surface area contributed by atoms with E-state index in [1.54, 1.807) is 60.7 Å². The summed E-state index contributed by atoms with van der Waals surface area (Å²) in [6.45, 7) is 0. The summed E-state index contributed by atoms with van der Waals surface area (Å²) in [6.07, 6.45) is 0. The summed E-state index contributed by atoms with van der Waals surface area (Å²) in [5.41, 5.74) is 0.454. The molecule has 1 aliphatic rings. The van der Waals surface area contributed by atoms with Crippen LogP contribution in [0.15, 0.2) is 99.6 Å². The van der Waals surface area contributed by atoms with E-state index in [-0.39, 0.29) is 27.4 Å². The lowest BCUT2D eigenvalue weighted by molar-refractivity contribution is 0.0972. The molecule has 0 bridgehead atoms. The molecule has 4 rings (SSSR count). The predicted octanol–water partition coefficient (Wildman–Crippen LogP) is 4.13. The lowest BCUT2D eigenvalue weighted by Crippen LogP contribution is -2.36. The molecule has 150 valence electrons. The highest BCUT2D eigenvalue weighted by Gasteiger charge is 2.34. The minimum absolute atomic E-state index is 0.0143. The number of ketones is 2. The minimum atomic E-state index is -4.08. The number of halogens is 1. The van der Waals surface area contributed by atoms with E-state index < -0.39 is 21.6 Å². The average Bonchev–Trinajstić information content (AvgIpc) is 2.76. The first-order chi connectivity index (χ1) is 14.4. The van der Waals surface area contributed by atoms with Crippen molar-refractivity contribution in [3.05, 3.63) is 106 Å². The van der Waals surface area contributed by atoms with Crippen LogP contribution in [0.1, 0.15) is 20.7 Å². The van der Waals surface area contributed by atoms with Crippen molar-refractivity contribution in [2.45, 2.75) is 4.90 Å². The zero-order chi connectivity index (χ0) is 21.3. The maximum absolute atomic E-state index is 13.1. The molecule has 8 heteroatoms. The summed E-state index contributed by atoms with van der Waals surface area (Å²) in [5, 5.41) is 2.91. The van der Waals surface area contributed by atoms with E-state index in [2.05, 4.69) is 26.0 Å². The molecule has 0 radical (unpaired) electrons. The predicted molar refractivity (Wildman–Crippen MR) is 117 cm³/mol. The van der Waals surface area contributed by atoms with Crippen molar-refractivity contribution in [1.29, 1.82) is 0 Å². The first-order valence-electron chi connectivity index (χ1n) is 8.90. The highest BCUT2D eigenvalue weighted by molar-refractivity contribution is 9.10. The van der Waals surface area contributed by atoms with Gasteiger partial charge in [0.2, 0.25) is 11.6 Å². The number of Topliss-reactive ketones (excluding diaryl/α,β-unsaturated/α-hetero) is 2. The van der Waals surface area contributed by atoms with Gasteiger partial charge in [0.25, 0.3) is 10.0 Å². The molecule has 3 aromatic carbocycles. The highest BCUT2D eigenvalue weighted by atomic mass is 79.9. The van der Waals surface area contributed by atoms with E-state index >= 15 is 0 Å². The molecule has 1 aliphatic carbocycles. The van der Waals surface area contributed by atoms with Crippen LogP contribution in [-0.2, 0) is 10.0 Å². The number of carbonyl (C=O) groups excluding carboxylic acids is 2. The van der Waals surface area contributed by atoms with E-state index in [1.807, 2.05) is 0 Å². The van der Waals surface area contributed by atoms with Gasteiger partial charge in [0.1, 0.15) is 11.4 Å². The minimum Gasteiger partial charge on any atom is -0.350 e. The normalized spacial score (nSPS) is 13.8. The number of hydrogen-bond donors (Lipinski definition) is 2. The molecular weight excluding hydrogens is 468 g/mol. The Balaban J connectivity index is 1.83. The molecule has 0 fully saturated rings. The number of sulfonamides is 1. The van der Waals surface area contributed by atoms with Crippen LogP contribution in [0.4, 0.5) is 5.69 Å². The van der Waals surface area contributed by atoms with E-state index in [9.17, 15) is 18.0 Å². The molecule has 0 atom stereocenters.